The maximum absolute atomic E-state index is 12.6. The molecule has 21 heavy (non-hydrogen) atoms. The fourth-order valence-electron chi connectivity index (χ4n) is 2.70. The molecule has 0 saturated carbocycles. The predicted octanol–water partition coefficient (Wildman–Crippen LogP) is 1.72. The number of rotatable bonds is 3. The highest BCUT2D eigenvalue weighted by Crippen LogP contribution is 2.24. The lowest BCUT2D eigenvalue weighted by Crippen LogP contribution is -2.43. The van der Waals surface area contributed by atoms with Gasteiger partial charge in [0.2, 0.25) is 5.91 Å². The van der Waals surface area contributed by atoms with Gasteiger partial charge in [0.25, 0.3) is 0 Å². The molecule has 1 aromatic heterocycles. The van der Waals surface area contributed by atoms with Crippen LogP contribution in [-0.2, 0) is 17.9 Å². The number of carbonyl (C=O) groups is 1. The van der Waals surface area contributed by atoms with Crippen molar-refractivity contribution in [1.82, 2.24) is 14.9 Å². The summed E-state index contributed by atoms with van der Waals surface area (Å²) in [5.74, 6) is 1.09. The van der Waals surface area contributed by atoms with Gasteiger partial charge in [-0.05, 0) is 25.5 Å². The number of para-hydroxylation sites is 1. The summed E-state index contributed by atoms with van der Waals surface area (Å²) in [6, 6.07) is 7.93. The van der Waals surface area contributed by atoms with Crippen LogP contribution in [0.15, 0.2) is 36.7 Å². The maximum Gasteiger partial charge on any atom is 0.243 e. The van der Waals surface area contributed by atoms with E-state index in [4.69, 9.17) is 0 Å². The van der Waals surface area contributed by atoms with E-state index in [9.17, 15) is 4.79 Å². The van der Waals surface area contributed by atoms with Crippen molar-refractivity contribution in [3.05, 3.63) is 48.0 Å². The van der Waals surface area contributed by atoms with Crippen molar-refractivity contribution in [2.24, 2.45) is 0 Å². The van der Waals surface area contributed by atoms with Crippen LogP contribution in [0.2, 0.25) is 0 Å². The number of hydrogen-bond donors (Lipinski definition) is 1. The van der Waals surface area contributed by atoms with Crippen molar-refractivity contribution >= 4 is 11.6 Å². The number of nitrogens with one attached hydrogen (secondary N) is 1. The van der Waals surface area contributed by atoms with Gasteiger partial charge >= 0.3 is 0 Å². The Morgan fingerprint density at radius 3 is 2.90 bits per heavy atom. The molecule has 2 aromatic rings. The summed E-state index contributed by atoms with van der Waals surface area (Å²) in [5.41, 5.74) is 2.18. The van der Waals surface area contributed by atoms with E-state index in [1.54, 1.807) is 6.20 Å². The lowest BCUT2D eigenvalue weighted by molar-refractivity contribution is -0.120. The molecule has 110 valence electrons. The average molecular weight is 284 g/mol. The number of anilines is 1. The highest BCUT2D eigenvalue weighted by Gasteiger charge is 2.26. The number of benzene rings is 1. The van der Waals surface area contributed by atoms with E-state index in [0.717, 1.165) is 30.2 Å². The number of hydrogen-bond acceptors (Lipinski definition) is 3. The van der Waals surface area contributed by atoms with E-state index in [2.05, 4.69) is 20.9 Å². The second kappa shape index (κ2) is 5.69. The van der Waals surface area contributed by atoms with Gasteiger partial charge in [-0.3, -0.25) is 4.79 Å². The van der Waals surface area contributed by atoms with Gasteiger partial charge in [-0.15, -0.1) is 0 Å². The first kappa shape index (κ1) is 13.8. The van der Waals surface area contributed by atoms with Gasteiger partial charge in [-0.2, -0.15) is 0 Å². The molecule has 1 aliphatic heterocycles. The molecular weight excluding hydrogens is 264 g/mol. The van der Waals surface area contributed by atoms with Crippen molar-refractivity contribution in [2.45, 2.75) is 33.0 Å². The zero-order valence-corrected chi connectivity index (χ0v) is 12.4. The van der Waals surface area contributed by atoms with Gasteiger partial charge < -0.3 is 14.8 Å². The monoisotopic (exact) mass is 284 g/mol. The number of carbonyl (C=O) groups excluding carboxylic acids is 1. The normalized spacial score (nSPS) is 18.5. The van der Waals surface area contributed by atoms with E-state index < -0.39 is 0 Å². The minimum absolute atomic E-state index is 0.123. The van der Waals surface area contributed by atoms with E-state index in [1.165, 1.54) is 0 Å². The Morgan fingerprint density at radius 2 is 2.14 bits per heavy atom. The van der Waals surface area contributed by atoms with Crippen LogP contribution in [0.3, 0.4) is 0 Å². The van der Waals surface area contributed by atoms with Crippen LogP contribution in [0.4, 0.5) is 5.69 Å². The number of nitrogens with zero attached hydrogens (tertiary/aromatic N) is 3. The van der Waals surface area contributed by atoms with Gasteiger partial charge in [0.15, 0.2) is 0 Å². The molecular formula is C16H20N4O. The number of aryl methyl sites for hydroxylation is 1. The molecule has 5 heteroatoms. The maximum atomic E-state index is 12.6. The van der Waals surface area contributed by atoms with Crippen molar-refractivity contribution in [3.8, 4) is 0 Å². The summed E-state index contributed by atoms with van der Waals surface area (Å²) in [4.78, 5) is 18.7. The minimum atomic E-state index is -0.165. The fourth-order valence-corrected chi connectivity index (χ4v) is 2.70. The quantitative estimate of drug-likeness (QED) is 0.933. The summed E-state index contributed by atoms with van der Waals surface area (Å²) in [6.45, 7) is 6.02. The Kier molecular flexibility index (Phi) is 3.75. The van der Waals surface area contributed by atoms with E-state index in [-0.39, 0.29) is 11.9 Å². The Bertz CT molecular complexity index is 649. The van der Waals surface area contributed by atoms with Crippen molar-refractivity contribution < 1.29 is 4.79 Å². The summed E-state index contributed by atoms with van der Waals surface area (Å²) >= 11 is 0. The minimum Gasteiger partial charge on any atom is -0.333 e. The Hall–Kier alpha value is -2.14. The third kappa shape index (κ3) is 2.69. The van der Waals surface area contributed by atoms with E-state index in [0.29, 0.717) is 6.54 Å². The van der Waals surface area contributed by atoms with Gasteiger partial charge in [0, 0.05) is 37.7 Å². The van der Waals surface area contributed by atoms with Crippen molar-refractivity contribution in [2.75, 3.05) is 11.4 Å². The zero-order chi connectivity index (χ0) is 14.8. The standard InChI is InChI=1S/C16H20N4O/c1-12-16(21)20(10-9-19-8-7-17-13(19)2)15-6-4-3-5-14(15)11-18-12/h3-8,12,18H,9-11H2,1-2H3. The zero-order valence-electron chi connectivity index (χ0n) is 12.4. The van der Waals surface area contributed by atoms with Crippen LogP contribution in [-0.4, -0.2) is 28.0 Å². The summed E-state index contributed by atoms with van der Waals surface area (Å²) in [5, 5.41) is 3.27. The molecule has 1 aliphatic rings. The van der Waals surface area contributed by atoms with Crippen LogP contribution in [0, 0.1) is 6.92 Å². The Labute approximate surface area is 124 Å². The molecule has 1 amide bonds. The average Bonchev–Trinajstić information content (AvgIpc) is 2.86. The first-order valence-corrected chi connectivity index (χ1v) is 7.27. The van der Waals surface area contributed by atoms with Crippen LogP contribution < -0.4 is 10.2 Å². The lowest BCUT2D eigenvalue weighted by atomic mass is 10.1. The van der Waals surface area contributed by atoms with Crippen LogP contribution in [0.25, 0.3) is 0 Å². The van der Waals surface area contributed by atoms with Gasteiger partial charge in [-0.1, -0.05) is 18.2 Å². The van der Waals surface area contributed by atoms with Crippen LogP contribution >= 0.6 is 0 Å². The topological polar surface area (TPSA) is 50.2 Å². The molecule has 1 aromatic carbocycles. The molecule has 0 aliphatic carbocycles. The molecule has 3 rings (SSSR count). The highest BCUT2D eigenvalue weighted by molar-refractivity contribution is 5.98. The first-order chi connectivity index (χ1) is 10.2. The molecule has 0 saturated heterocycles. The SMILES string of the molecule is Cc1nccn1CCN1C(=O)C(C)NCc2ccccc21. The number of amides is 1. The second-order valence-electron chi connectivity index (χ2n) is 5.39. The number of aromatic nitrogens is 2. The van der Waals surface area contributed by atoms with Gasteiger partial charge in [-0.25, -0.2) is 4.98 Å². The Balaban J connectivity index is 1.87. The molecule has 1 N–H and O–H groups in total. The molecule has 0 fully saturated rings. The molecule has 2 heterocycles. The van der Waals surface area contributed by atoms with Crippen molar-refractivity contribution in [3.63, 3.8) is 0 Å². The van der Waals surface area contributed by atoms with Gasteiger partial charge in [0.05, 0.1) is 6.04 Å². The predicted molar refractivity (Wildman–Crippen MR) is 82.1 cm³/mol. The van der Waals surface area contributed by atoms with Crippen molar-refractivity contribution in [1.29, 1.82) is 0 Å². The van der Waals surface area contributed by atoms with Gasteiger partial charge in [0.1, 0.15) is 5.82 Å². The first-order valence-electron chi connectivity index (χ1n) is 7.27. The molecule has 0 radical (unpaired) electrons. The van der Waals surface area contributed by atoms with E-state index >= 15 is 0 Å². The van der Waals surface area contributed by atoms with Crippen LogP contribution in [0.1, 0.15) is 18.3 Å². The molecule has 5 nitrogen and oxygen atoms in total. The molecule has 0 spiro atoms. The molecule has 1 atom stereocenters. The second-order valence-corrected chi connectivity index (χ2v) is 5.39. The molecule has 1 unspecified atom stereocenters. The highest BCUT2D eigenvalue weighted by atomic mass is 16.2. The van der Waals surface area contributed by atoms with E-state index in [1.807, 2.05) is 43.1 Å². The third-order valence-corrected chi connectivity index (χ3v) is 4.01. The summed E-state index contributed by atoms with van der Waals surface area (Å²) < 4.78 is 2.07. The third-order valence-electron chi connectivity index (χ3n) is 4.01. The number of fused-ring (bicyclic) bond motifs is 1. The van der Waals surface area contributed by atoms with Crippen LogP contribution in [0.5, 0.6) is 0 Å². The lowest BCUT2D eigenvalue weighted by Gasteiger charge is -2.24. The summed E-state index contributed by atoms with van der Waals surface area (Å²) in [7, 11) is 0. The Morgan fingerprint density at radius 1 is 1.33 bits per heavy atom. The number of imidazole rings is 1. The summed E-state index contributed by atoms with van der Waals surface area (Å²) in [6.07, 6.45) is 3.74. The smallest absolute Gasteiger partial charge is 0.243 e. The largest absolute Gasteiger partial charge is 0.333 e. The fraction of sp³-hybridized carbons (Fsp3) is 0.375. The molecule has 0 bridgehead atoms.